The number of nitrogens with one attached hydrogen (secondary N) is 1. The van der Waals surface area contributed by atoms with Gasteiger partial charge in [0, 0.05) is 12.4 Å². The molecule has 1 atom stereocenters. The number of aromatic nitrogens is 1. The number of hydrogen-bond donors (Lipinski definition) is 1. The van der Waals surface area contributed by atoms with E-state index in [1.165, 1.54) is 5.56 Å². The van der Waals surface area contributed by atoms with Crippen LogP contribution in [-0.4, -0.2) is 11.5 Å². The van der Waals surface area contributed by atoms with Gasteiger partial charge in [0.25, 0.3) is 0 Å². The quantitative estimate of drug-likeness (QED) is 0.859. The molecule has 2 nitrogen and oxygen atoms in total. The van der Waals surface area contributed by atoms with Gasteiger partial charge in [0.1, 0.15) is 0 Å². The monoisotopic (exact) mass is 308 g/mol. The van der Waals surface area contributed by atoms with E-state index in [0.717, 1.165) is 24.1 Å². The standard InChI is InChI=1S/C16H18Cl2N2/c1-3-8-20-16(12-7-9-19-10-11(12)2)13-5-4-6-14(17)15(13)18/h4-7,9-10,16,20H,3,8H2,1-2H3. The van der Waals surface area contributed by atoms with Crippen LogP contribution in [0.15, 0.2) is 36.7 Å². The molecule has 0 spiro atoms. The Morgan fingerprint density at radius 2 is 2.00 bits per heavy atom. The van der Waals surface area contributed by atoms with E-state index in [-0.39, 0.29) is 6.04 Å². The largest absolute Gasteiger partial charge is 0.306 e. The van der Waals surface area contributed by atoms with Gasteiger partial charge in [-0.2, -0.15) is 0 Å². The molecule has 2 rings (SSSR count). The Kier molecular flexibility index (Phi) is 5.41. The number of aryl methyl sites for hydroxylation is 1. The van der Waals surface area contributed by atoms with Gasteiger partial charge in [-0.25, -0.2) is 0 Å². The van der Waals surface area contributed by atoms with Gasteiger partial charge in [0.15, 0.2) is 0 Å². The molecular formula is C16H18Cl2N2. The van der Waals surface area contributed by atoms with Crippen LogP contribution in [0.25, 0.3) is 0 Å². The first kappa shape index (κ1) is 15.3. The lowest BCUT2D eigenvalue weighted by atomic mass is 9.96. The van der Waals surface area contributed by atoms with Crippen molar-refractivity contribution in [1.29, 1.82) is 0 Å². The van der Waals surface area contributed by atoms with Crippen LogP contribution in [0.3, 0.4) is 0 Å². The molecule has 0 aliphatic rings. The van der Waals surface area contributed by atoms with Crippen molar-refractivity contribution in [2.75, 3.05) is 6.54 Å². The van der Waals surface area contributed by atoms with Gasteiger partial charge < -0.3 is 5.32 Å². The van der Waals surface area contributed by atoms with Crippen molar-refractivity contribution in [1.82, 2.24) is 10.3 Å². The van der Waals surface area contributed by atoms with E-state index in [2.05, 4.69) is 24.1 Å². The smallest absolute Gasteiger partial charge is 0.0643 e. The van der Waals surface area contributed by atoms with Crippen LogP contribution in [0, 0.1) is 6.92 Å². The van der Waals surface area contributed by atoms with E-state index in [9.17, 15) is 0 Å². The third-order valence-electron chi connectivity index (χ3n) is 3.27. The number of nitrogens with zero attached hydrogens (tertiary/aromatic N) is 1. The summed E-state index contributed by atoms with van der Waals surface area (Å²) < 4.78 is 0. The average molecular weight is 309 g/mol. The minimum Gasteiger partial charge on any atom is -0.306 e. The van der Waals surface area contributed by atoms with Gasteiger partial charge in [0.2, 0.25) is 0 Å². The summed E-state index contributed by atoms with van der Waals surface area (Å²) in [7, 11) is 0. The van der Waals surface area contributed by atoms with Crippen LogP contribution < -0.4 is 5.32 Å². The molecule has 1 heterocycles. The zero-order valence-electron chi connectivity index (χ0n) is 11.7. The Balaban J connectivity index is 2.47. The van der Waals surface area contributed by atoms with E-state index in [4.69, 9.17) is 23.2 Å². The van der Waals surface area contributed by atoms with Crippen molar-refractivity contribution in [2.45, 2.75) is 26.3 Å². The lowest BCUT2D eigenvalue weighted by Gasteiger charge is -2.22. The van der Waals surface area contributed by atoms with Gasteiger partial charge in [-0.1, -0.05) is 42.3 Å². The number of pyridine rings is 1. The zero-order valence-corrected chi connectivity index (χ0v) is 13.2. The lowest BCUT2D eigenvalue weighted by Crippen LogP contribution is -2.24. The number of halogens is 2. The second kappa shape index (κ2) is 7.07. The molecule has 0 aliphatic heterocycles. The predicted octanol–water partition coefficient (Wildman–Crippen LogP) is 4.79. The average Bonchev–Trinajstić information content (AvgIpc) is 2.45. The Hall–Kier alpha value is -1.09. The van der Waals surface area contributed by atoms with Gasteiger partial charge in [-0.05, 0) is 48.7 Å². The minimum absolute atomic E-state index is 0.0316. The van der Waals surface area contributed by atoms with Crippen molar-refractivity contribution in [3.63, 3.8) is 0 Å². The Morgan fingerprint density at radius 3 is 2.70 bits per heavy atom. The zero-order chi connectivity index (χ0) is 14.5. The lowest BCUT2D eigenvalue weighted by molar-refractivity contribution is 0.596. The van der Waals surface area contributed by atoms with Crippen molar-refractivity contribution >= 4 is 23.2 Å². The number of benzene rings is 1. The topological polar surface area (TPSA) is 24.9 Å². The fourth-order valence-corrected chi connectivity index (χ4v) is 2.64. The van der Waals surface area contributed by atoms with Crippen LogP contribution in [0.2, 0.25) is 10.0 Å². The van der Waals surface area contributed by atoms with Crippen molar-refractivity contribution in [3.8, 4) is 0 Å². The maximum absolute atomic E-state index is 6.38. The maximum atomic E-state index is 6.38. The molecule has 0 radical (unpaired) electrons. The Morgan fingerprint density at radius 1 is 1.20 bits per heavy atom. The molecule has 0 saturated heterocycles. The van der Waals surface area contributed by atoms with E-state index in [0.29, 0.717) is 10.0 Å². The van der Waals surface area contributed by atoms with Crippen molar-refractivity contribution < 1.29 is 0 Å². The fourth-order valence-electron chi connectivity index (χ4n) is 2.23. The third kappa shape index (κ3) is 3.32. The molecule has 0 amide bonds. The van der Waals surface area contributed by atoms with Crippen LogP contribution in [-0.2, 0) is 0 Å². The highest BCUT2D eigenvalue weighted by Gasteiger charge is 2.19. The van der Waals surface area contributed by atoms with E-state index in [1.807, 2.05) is 30.5 Å². The molecule has 106 valence electrons. The molecule has 0 fully saturated rings. The van der Waals surface area contributed by atoms with E-state index in [1.54, 1.807) is 6.20 Å². The molecule has 1 aromatic carbocycles. The minimum atomic E-state index is 0.0316. The summed E-state index contributed by atoms with van der Waals surface area (Å²) in [5, 5.41) is 4.73. The molecule has 0 saturated carbocycles. The van der Waals surface area contributed by atoms with E-state index >= 15 is 0 Å². The van der Waals surface area contributed by atoms with Crippen molar-refractivity contribution in [2.24, 2.45) is 0 Å². The summed E-state index contributed by atoms with van der Waals surface area (Å²) in [5.74, 6) is 0. The summed E-state index contributed by atoms with van der Waals surface area (Å²) in [6, 6.07) is 7.82. The molecule has 0 aliphatic carbocycles. The van der Waals surface area contributed by atoms with Crippen LogP contribution in [0.5, 0.6) is 0 Å². The third-order valence-corrected chi connectivity index (χ3v) is 4.10. The first-order chi connectivity index (χ1) is 9.65. The molecule has 20 heavy (non-hydrogen) atoms. The second-order valence-corrected chi connectivity index (χ2v) is 5.55. The highest BCUT2D eigenvalue weighted by atomic mass is 35.5. The highest BCUT2D eigenvalue weighted by molar-refractivity contribution is 6.42. The van der Waals surface area contributed by atoms with Crippen LogP contribution in [0.4, 0.5) is 0 Å². The summed E-state index contributed by atoms with van der Waals surface area (Å²) in [5.41, 5.74) is 3.32. The maximum Gasteiger partial charge on any atom is 0.0643 e. The van der Waals surface area contributed by atoms with E-state index < -0.39 is 0 Å². The molecule has 4 heteroatoms. The molecule has 1 aromatic heterocycles. The molecule has 2 aromatic rings. The highest BCUT2D eigenvalue weighted by Crippen LogP contribution is 2.34. The first-order valence-electron chi connectivity index (χ1n) is 6.73. The number of rotatable bonds is 5. The van der Waals surface area contributed by atoms with Crippen molar-refractivity contribution in [3.05, 3.63) is 63.4 Å². The molecular weight excluding hydrogens is 291 g/mol. The van der Waals surface area contributed by atoms with Gasteiger partial charge in [0.05, 0.1) is 16.1 Å². The predicted molar refractivity (Wildman–Crippen MR) is 85.6 cm³/mol. The molecule has 1 N–H and O–H groups in total. The normalized spacial score (nSPS) is 12.4. The van der Waals surface area contributed by atoms with Gasteiger partial charge in [-0.15, -0.1) is 0 Å². The molecule has 1 unspecified atom stereocenters. The summed E-state index contributed by atoms with van der Waals surface area (Å²) in [6.45, 7) is 5.11. The first-order valence-corrected chi connectivity index (χ1v) is 7.48. The second-order valence-electron chi connectivity index (χ2n) is 4.76. The van der Waals surface area contributed by atoms with Crippen LogP contribution >= 0.6 is 23.2 Å². The van der Waals surface area contributed by atoms with Gasteiger partial charge in [-0.3, -0.25) is 4.98 Å². The number of hydrogen-bond acceptors (Lipinski definition) is 2. The summed E-state index contributed by atoms with van der Waals surface area (Å²) in [6.07, 6.45) is 4.73. The fraction of sp³-hybridized carbons (Fsp3) is 0.312. The summed E-state index contributed by atoms with van der Waals surface area (Å²) in [4.78, 5) is 4.15. The summed E-state index contributed by atoms with van der Waals surface area (Å²) >= 11 is 12.5. The SMILES string of the molecule is CCCNC(c1ccncc1C)c1cccc(Cl)c1Cl. The Labute approximate surface area is 130 Å². The molecule has 0 bridgehead atoms. The van der Waals surface area contributed by atoms with Gasteiger partial charge >= 0.3 is 0 Å². The Bertz CT molecular complexity index is 584. The van der Waals surface area contributed by atoms with Crippen LogP contribution in [0.1, 0.15) is 36.1 Å².